The molecule has 3 aromatic heterocycles. The van der Waals surface area contributed by atoms with Crippen molar-refractivity contribution in [3.63, 3.8) is 0 Å². The van der Waals surface area contributed by atoms with Crippen molar-refractivity contribution >= 4 is 21.4 Å². The summed E-state index contributed by atoms with van der Waals surface area (Å²) >= 11 is 5.92. The molecule has 0 radical (unpaired) electrons. The Bertz CT molecular complexity index is 1460. The fourth-order valence-electron chi connectivity index (χ4n) is 3.95. The Morgan fingerprint density at radius 1 is 1.00 bits per heavy atom. The number of hydrogen-bond acceptors (Lipinski definition) is 10. The summed E-state index contributed by atoms with van der Waals surface area (Å²) in [5.74, 6) is 1.19. The predicted molar refractivity (Wildman–Crippen MR) is 141 cm³/mol. The highest BCUT2D eigenvalue weighted by molar-refractivity contribution is 7.91. The minimum atomic E-state index is -3.89. The molecular weight excluding hydrogens is 532 g/mol. The van der Waals surface area contributed by atoms with Gasteiger partial charge in [0.15, 0.2) is 27.3 Å². The van der Waals surface area contributed by atoms with Gasteiger partial charge in [0.2, 0.25) is 0 Å². The van der Waals surface area contributed by atoms with Crippen LogP contribution in [-0.4, -0.2) is 64.2 Å². The van der Waals surface area contributed by atoms with Crippen molar-refractivity contribution in [3.05, 3.63) is 71.8 Å². The number of aromatic nitrogens is 6. The van der Waals surface area contributed by atoms with E-state index in [9.17, 15) is 8.42 Å². The molecule has 4 rings (SSSR count). The molecule has 11 nitrogen and oxygen atoms in total. The second-order valence-electron chi connectivity index (χ2n) is 8.18. The molecule has 2 atom stereocenters. The fraction of sp³-hybridized carbons (Fsp3) is 0.320. The Hall–Kier alpha value is -3.61. The minimum Gasteiger partial charge on any atom is -0.494 e. The van der Waals surface area contributed by atoms with Gasteiger partial charge in [0.05, 0.1) is 24.5 Å². The zero-order chi connectivity index (χ0) is 27.3. The number of pyridine rings is 1. The molecule has 0 spiro atoms. The van der Waals surface area contributed by atoms with Crippen molar-refractivity contribution < 1.29 is 22.6 Å². The van der Waals surface area contributed by atoms with E-state index in [0.717, 1.165) is 0 Å². The Morgan fingerprint density at radius 2 is 1.68 bits per heavy atom. The Morgan fingerprint density at radius 3 is 2.26 bits per heavy atom. The number of sulfone groups is 1. The van der Waals surface area contributed by atoms with E-state index in [-0.39, 0.29) is 18.3 Å². The van der Waals surface area contributed by atoms with Gasteiger partial charge in [-0.3, -0.25) is 9.55 Å². The van der Waals surface area contributed by atoms with E-state index < -0.39 is 26.9 Å². The quantitative estimate of drug-likeness (QED) is 0.267. The monoisotopic (exact) mass is 558 g/mol. The van der Waals surface area contributed by atoms with Crippen molar-refractivity contribution in [2.75, 3.05) is 20.8 Å². The maximum atomic E-state index is 13.8. The van der Waals surface area contributed by atoms with Crippen molar-refractivity contribution in [1.82, 2.24) is 29.7 Å². The Balaban J connectivity index is 1.83. The number of nitrogens with zero attached hydrogens (tertiary/aromatic N) is 6. The molecule has 0 saturated heterocycles. The van der Waals surface area contributed by atoms with E-state index in [0.29, 0.717) is 33.6 Å². The van der Waals surface area contributed by atoms with E-state index in [1.807, 2.05) is 0 Å². The van der Waals surface area contributed by atoms with Crippen LogP contribution in [0.4, 0.5) is 0 Å². The van der Waals surface area contributed by atoms with Crippen LogP contribution >= 0.6 is 11.6 Å². The van der Waals surface area contributed by atoms with E-state index in [1.54, 1.807) is 61.1 Å². The molecule has 0 unspecified atom stereocenters. The predicted octanol–water partition coefficient (Wildman–Crippen LogP) is 3.87. The number of methoxy groups -OCH3 is 2. The number of halogens is 1. The van der Waals surface area contributed by atoms with Crippen molar-refractivity contribution in [1.29, 1.82) is 0 Å². The van der Waals surface area contributed by atoms with Crippen LogP contribution in [-0.2, 0) is 20.3 Å². The van der Waals surface area contributed by atoms with Gasteiger partial charge in [-0.1, -0.05) is 17.7 Å². The van der Waals surface area contributed by atoms with E-state index in [4.69, 9.17) is 25.8 Å². The zero-order valence-electron chi connectivity index (χ0n) is 21.3. The van der Waals surface area contributed by atoms with Crippen LogP contribution in [0.3, 0.4) is 0 Å². The van der Waals surface area contributed by atoms with Gasteiger partial charge in [-0.25, -0.2) is 18.4 Å². The third kappa shape index (κ3) is 5.62. The molecule has 4 aromatic rings. The summed E-state index contributed by atoms with van der Waals surface area (Å²) in [5, 5.41) is 7.93. The number of benzene rings is 1. The van der Waals surface area contributed by atoms with Gasteiger partial charge in [-0.15, -0.1) is 10.2 Å². The molecule has 0 aliphatic heterocycles. The highest BCUT2D eigenvalue weighted by Gasteiger charge is 2.35. The van der Waals surface area contributed by atoms with Crippen LogP contribution in [0, 0.1) is 0 Å². The lowest BCUT2D eigenvalue weighted by Gasteiger charge is -2.23. The average Bonchev–Trinajstić information content (AvgIpc) is 3.34. The first kappa shape index (κ1) is 27.4. The molecule has 0 saturated carbocycles. The van der Waals surface area contributed by atoms with Crippen LogP contribution in [0.5, 0.6) is 11.5 Å². The Labute approximate surface area is 225 Å². The van der Waals surface area contributed by atoms with Crippen molar-refractivity contribution in [2.45, 2.75) is 31.0 Å². The van der Waals surface area contributed by atoms with Gasteiger partial charge in [0, 0.05) is 37.0 Å². The Kier molecular flexibility index (Phi) is 8.55. The molecule has 0 fully saturated rings. The molecule has 0 aliphatic rings. The molecule has 1 aromatic carbocycles. The lowest BCUT2D eigenvalue weighted by molar-refractivity contribution is 0.0556. The summed E-state index contributed by atoms with van der Waals surface area (Å²) < 4.78 is 46.2. The maximum Gasteiger partial charge on any atom is 0.170 e. The van der Waals surface area contributed by atoms with Crippen molar-refractivity contribution in [3.8, 4) is 28.6 Å². The summed E-state index contributed by atoms with van der Waals surface area (Å²) in [4.78, 5) is 12.5. The highest BCUT2D eigenvalue weighted by atomic mass is 35.5. The van der Waals surface area contributed by atoms with Crippen LogP contribution in [0.15, 0.2) is 55.1 Å². The van der Waals surface area contributed by atoms with Gasteiger partial charge < -0.3 is 14.2 Å². The highest BCUT2D eigenvalue weighted by Crippen LogP contribution is 2.37. The van der Waals surface area contributed by atoms with Crippen LogP contribution < -0.4 is 9.47 Å². The van der Waals surface area contributed by atoms with Gasteiger partial charge in [0.1, 0.15) is 29.0 Å². The molecule has 3 heterocycles. The van der Waals surface area contributed by atoms with Gasteiger partial charge in [-0.05, 0) is 38.1 Å². The second-order valence-corrected chi connectivity index (χ2v) is 11.0. The van der Waals surface area contributed by atoms with Crippen LogP contribution in [0.25, 0.3) is 17.1 Å². The third-order valence-corrected chi connectivity index (χ3v) is 8.08. The summed E-state index contributed by atoms with van der Waals surface area (Å²) in [6.45, 7) is 3.59. The third-order valence-electron chi connectivity index (χ3n) is 5.84. The topological polar surface area (TPSA) is 131 Å². The van der Waals surface area contributed by atoms with E-state index in [2.05, 4.69) is 25.1 Å². The standard InChI is InChI=1S/C25H27ClN6O5S/c1-5-37-23(24-28-13-18(26)14-29-24)16(2)38(33,34)15-21-30-31-25(17-8-7-11-27-12-17)32(21)22-19(35-3)9-6-10-20(22)36-4/h6-14,16,23H,5,15H2,1-4H3/t16-,23+/m1/s1. The molecule has 0 N–H and O–H groups in total. The van der Waals surface area contributed by atoms with Gasteiger partial charge in [-0.2, -0.15) is 0 Å². The SMILES string of the molecule is CCO[C@H](c1ncc(Cl)cn1)[C@@H](C)S(=O)(=O)Cc1nnc(-c2cccnc2)n1-c1c(OC)cccc1OC. The van der Waals surface area contributed by atoms with Crippen LogP contribution in [0.1, 0.15) is 31.6 Å². The van der Waals surface area contributed by atoms with Crippen LogP contribution in [0.2, 0.25) is 5.02 Å². The minimum absolute atomic E-state index is 0.158. The number of hydrogen-bond donors (Lipinski definition) is 0. The largest absolute Gasteiger partial charge is 0.494 e. The maximum absolute atomic E-state index is 13.8. The first-order valence-electron chi connectivity index (χ1n) is 11.7. The van der Waals surface area contributed by atoms with E-state index >= 15 is 0 Å². The molecule has 0 bridgehead atoms. The van der Waals surface area contributed by atoms with Gasteiger partial charge in [0.25, 0.3) is 0 Å². The normalized spacial score (nSPS) is 13.2. The molecule has 0 aliphatic carbocycles. The van der Waals surface area contributed by atoms with E-state index in [1.165, 1.54) is 26.6 Å². The number of ether oxygens (including phenoxy) is 3. The molecular formula is C25H27ClN6O5S. The molecule has 200 valence electrons. The lowest BCUT2D eigenvalue weighted by Crippen LogP contribution is -2.30. The number of rotatable bonds is 11. The summed E-state index contributed by atoms with van der Waals surface area (Å²) in [6, 6.07) is 8.82. The van der Waals surface area contributed by atoms with Gasteiger partial charge >= 0.3 is 0 Å². The summed E-state index contributed by atoms with van der Waals surface area (Å²) in [5.41, 5.74) is 1.09. The smallest absolute Gasteiger partial charge is 0.170 e. The molecule has 13 heteroatoms. The molecule has 0 amide bonds. The number of para-hydroxylation sites is 1. The fourth-order valence-corrected chi connectivity index (χ4v) is 5.43. The lowest BCUT2D eigenvalue weighted by atomic mass is 10.2. The second kappa shape index (κ2) is 11.8. The summed E-state index contributed by atoms with van der Waals surface area (Å²) in [6.07, 6.45) is 5.14. The first-order chi connectivity index (χ1) is 18.3. The zero-order valence-corrected chi connectivity index (χ0v) is 22.8. The van der Waals surface area contributed by atoms with Crippen molar-refractivity contribution in [2.24, 2.45) is 0 Å². The summed E-state index contributed by atoms with van der Waals surface area (Å²) in [7, 11) is -0.855. The average molecular weight is 559 g/mol. The molecule has 38 heavy (non-hydrogen) atoms. The first-order valence-corrected chi connectivity index (χ1v) is 13.8.